The summed E-state index contributed by atoms with van der Waals surface area (Å²) in [6.07, 6.45) is 1.73. The van der Waals surface area contributed by atoms with Crippen molar-refractivity contribution in [3.8, 4) is 5.75 Å². The Morgan fingerprint density at radius 2 is 1.85 bits per heavy atom. The molecule has 0 bridgehead atoms. The van der Waals surface area contributed by atoms with Crippen molar-refractivity contribution < 1.29 is 5.11 Å². The highest BCUT2D eigenvalue weighted by Gasteiger charge is 2.16. The number of hydrogen-bond acceptors (Lipinski definition) is 4. The Labute approximate surface area is 119 Å². The van der Waals surface area contributed by atoms with Crippen LogP contribution in [-0.4, -0.2) is 52.6 Å². The van der Waals surface area contributed by atoms with E-state index < -0.39 is 0 Å². The Morgan fingerprint density at radius 3 is 2.60 bits per heavy atom. The lowest BCUT2D eigenvalue weighted by molar-refractivity contribution is 0.132. The number of fused-ring (bicyclic) bond motifs is 1. The number of phenols is 1. The van der Waals surface area contributed by atoms with E-state index in [-0.39, 0.29) is 5.75 Å². The number of likely N-dealkylation sites (N-methyl/N-ethyl adjacent to an activating group) is 1. The summed E-state index contributed by atoms with van der Waals surface area (Å²) in [7, 11) is 0. The zero-order valence-corrected chi connectivity index (χ0v) is 11.9. The normalized spacial score (nSPS) is 17.6. The first-order chi connectivity index (χ1) is 9.78. The van der Waals surface area contributed by atoms with Crippen molar-refractivity contribution in [2.45, 2.75) is 13.5 Å². The van der Waals surface area contributed by atoms with Gasteiger partial charge >= 0.3 is 0 Å². The molecule has 1 aliphatic rings. The van der Waals surface area contributed by atoms with Gasteiger partial charge in [-0.1, -0.05) is 19.1 Å². The second-order valence-corrected chi connectivity index (χ2v) is 5.35. The van der Waals surface area contributed by atoms with E-state index in [4.69, 9.17) is 0 Å². The number of aromatic nitrogens is 1. The topological polar surface area (TPSA) is 39.6 Å². The van der Waals surface area contributed by atoms with Gasteiger partial charge in [-0.25, -0.2) is 0 Å². The van der Waals surface area contributed by atoms with Crippen LogP contribution in [-0.2, 0) is 6.54 Å². The Kier molecular flexibility index (Phi) is 3.85. The second-order valence-electron chi connectivity index (χ2n) is 5.35. The number of piperazine rings is 1. The zero-order valence-electron chi connectivity index (χ0n) is 11.9. The van der Waals surface area contributed by atoms with Gasteiger partial charge in [0.15, 0.2) is 0 Å². The maximum absolute atomic E-state index is 9.89. The average Bonchev–Trinajstić information content (AvgIpc) is 2.51. The van der Waals surface area contributed by atoms with Gasteiger partial charge in [0.1, 0.15) is 11.3 Å². The predicted molar refractivity (Wildman–Crippen MR) is 80.8 cm³/mol. The van der Waals surface area contributed by atoms with E-state index in [1.54, 1.807) is 12.3 Å². The van der Waals surface area contributed by atoms with Crippen LogP contribution in [0.2, 0.25) is 0 Å². The van der Waals surface area contributed by atoms with Crippen molar-refractivity contribution in [3.05, 3.63) is 36.0 Å². The fourth-order valence-corrected chi connectivity index (χ4v) is 2.86. The van der Waals surface area contributed by atoms with Crippen LogP contribution in [0.15, 0.2) is 30.5 Å². The van der Waals surface area contributed by atoms with E-state index in [9.17, 15) is 5.11 Å². The summed E-state index contributed by atoms with van der Waals surface area (Å²) in [5.74, 6) is 0.264. The Bertz CT molecular complexity index is 591. The summed E-state index contributed by atoms with van der Waals surface area (Å²) in [4.78, 5) is 9.24. The van der Waals surface area contributed by atoms with Crippen LogP contribution in [0.3, 0.4) is 0 Å². The monoisotopic (exact) mass is 271 g/mol. The Balaban J connectivity index is 1.80. The predicted octanol–water partition coefficient (Wildman–Crippen LogP) is 2.08. The number of pyridine rings is 1. The molecule has 0 amide bonds. The third kappa shape index (κ3) is 2.62. The number of phenolic OH excluding ortho intramolecular Hbond substituents is 1. The summed E-state index contributed by atoms with van der Waals surface area (Å²) in [5.41, 5.74) is 1.95. The smallest absolute Gasteiger partial charge is 0.141 e. The van der Waals surface area contributed by atoms with Crippen LogP contribution in [0.4, 0.5) is 0 Å². The molecule has 1 aliphatic heterocycles. The molecule has 20 heavy (non-hydrogen) atoms. The van der Waals surface area contributed by atoms with Crippen molar-refractivity contribution >= 4 is 10.9 Å². The molecule has 0 atom stereocenters. The number of rotatable bonds is 3. The molecule has 1 saturated heterocycles. The molecule has 0 spiro atoms. The first-order valence-corrected chi connectivity index (χ1v) is 7.28. The molecule has 3 rings (SSSR count). The molecule has 1 aromatic carbocycles. The molecule has 106 valence electrons. The first-order valence-electron chi connectivity index (χ1n) is 7.28. The van der Waals surface area contributed by atoms with Gasteiger partial charge < -0.3 is 10.0 Å². The molecular weight excluding hydrogens is 250 g/mol. The molecule has 4 nitrogen and oxygen atoms in total. The van der Waals surface area contributed by atoms with E-state index in [0.29, 0.717) is 5.52 Å². The van der Waals surface area contributed by atoms with E-state index in [2.05, 4.69) is 21.7 Å². The van der Waals surface area contributed by atoms with E-state index in [1.165, 1.54) is 5.56 Å². The minimum Gasteiger partial charge on any atom is -0.506 e. The molecule has 2 heterocycles. The van der Waals surface area contributed by atoms with E-state index in [1.807, 2.05) is 18.2 Å². The molecule has 4 heteroatoms. The van der Waals surface area contributed by atoms with Crippen molar-refractivity contribution in [3.63, 3.8) is 0 Å². The van der Waals surface area contributed by atoms with Gasteiger partial charge in [-0.15, -0.1) is 0 Å². The summed E-state index contributed by atoms with van der Waals surface area (Å²) >= 11 is 0. The maximum Gasteiger partial charge on any atom is 0.141 e. The molecule has 0 unspecified atom stereocenters. The van der Waals surface area contributed by atoms with Crippen LogP contribution in [0.1, 0.15) is 12.5 Å². The third-order valence-corrected chi connectivity index (χ3v) is 4.14. The summed E-state index contributed by atoms with van der Waals surface area (Å²) in [6.45, 7) is 8.79. The summed E-state index contributed by atoms with van der Waals surface area (Å²) < 4.78 is 0. The van der Waals surface area contributed by atoms with E-state index >= 15 is 0 Å². The van der Waals surface area contributed by atoms with Crippen molar-refractivity contribution in [2.24, 2.45) is 0 Å². The van der Waals surface area contributed by atoms with Gasteiger partial charge in [-0.05, 0) is 24.2 Å². The van der Waals surface area contributed by atoms with Crippen LogP contribution < -0.4 is 0 Å². The van der Waals surface area contributed by atoms with Crippen LogP contribution in [0.5, 0.6) is 5.75 Å². The molecule has 2 aromatic rings. The standard InChI is InChI=1S/C16H21N3O/c1-2-18-8-10-19(11-9-18)12-13-5-6-15(20)16-14(13)4-3-7-17-16/h3-7,20H,2,8-12H2,1H3. The third-order valence-electron chi connectivity index (χ3n) is 4.14. The SMILES string of the molecule is CCN1CCN(Cc2ccc(O)c3ncccc23)CC1. The quantitative estimate of drug-likeness (QED) is 0.928. The molecule has 1 fully saturated rings. The lowest BCUT2D eigenvalue weighted by Gasteiger charge is -2.34. The summed E-state index contributed by atoms with van der Waals surface area (Å²) in [5, 5.41) is 10.9. The largest absolute Gasteiger partial charge is 0.506 e. The molecule has 0 saturated carbocycles. The number of nitrogens with zero attached hydrogens (tertiary/aromatic N) is 3. The maximum atomic E-state index is 9.89. The second kappa shape index (κ2) is 5.77. The highest BCUT2D eigenvalue weighted by Crippen LogP contribution is 2.26. The molecule has 0 radical (unpaired) electrons. The first kappa shape index (κ1) is 13.3. The van der Waals surface area contributed by atoms with Gasteiger partial charge in [0.25, 0.3) is 0 Å². The van der Waals surface area contributed by atoms with Crippen molar-refractivity contribution in [2.75, 3.05) is 32.7 Å². The fraction of sp³-hybridized carbons (Fsp3) is 0.438. The lowest BCUT2D eigenvalue weighted by Crippen LogP contribution is -2.45. The van der Waals surface area contributed by atoms with Crippen LogP contribution >= 0.6 is 0 Å². The minimum atomic E-state index is 0.264. The van der Waals surface area contributed by atoms with Crippen LogP contribution in [0, 0.1) is 0 Å². The van der Waals surface area contributed by atoms with Crippen molar-refractivity contribution in [1.82, 2.24) is 14.8 Å². The zero-order chi connectivity index (χ0) is 13.9. The molecule has 1 N–H and O–H groups in total. The highest BCUT2D eigenvalue weighted by atomic mass is 16.3. The molecular formula is C16H21N3O. The Hall–Kier alpha value is -1.65. The van der Waals surface area contributed by atoms with Gasteiger partial charge in [0, 0.05) is 44.3 Å². The van der Waals surface area contributed by atoms with Gasteiger partial charge in [0.05, 0.1) is 0 Å². The number of hydrogen-bond donors (Lipinski definition) is 1. The van der Waals surface area contributed by atoms with Gasteiger partial charge in [-0.2, -0.15) is 0 Å². The van der Waals surface area contributed by atoms with Gasteiger partial charge in [-0.3, -0.25) is 9.88 Å². The fourth-order valence-electron chi connectivity index (χ4n) is 2.86. The Morgan fingerprint density at radius 1 is 1.10 bits per heavy atom. The highest BCUT2D eigenvalue weighted by molar-refractivity contribution is 5.87. The summed E-state index contributed by atoms with van der Waals surface area (Å²) in [6, 6.07) is 7.75. The molecule has 1 aromatic heterocycles. The number of aromatic hydroxyl groups is 1. The van der Waals surface area contributed by atoms with E-state index in [0.717, 1.165) is 44.7 Å². The molecule has 0 aliphatic carbocycles. The lowest BCUT2D eigenvalue weighted by atomic mass is 10.1. The number of benzene rings is 1. The minimum absolute atomic E-state index is 0.264. The average molecular weight is 271 g/mol. The van der Waals surface area contributed by atoms with Crippen LogP contribution in [0.25, 0.3) is 10.9 Å². The van der Waals surface area contributed by atoms with Crippen molar-refractivity contribution in [1.29, 1.82) is 0 Å². The van der Waals surface area contributed by atoms with Gasteiger partial charge in [0.2, 0.25) is 0 Å².